The molecule has 8 nitrogen and oxygen atoms in total. The largest absolute Gasteiger partial charge is 0.450 e. The highest BCUT2D eigenvalue weighted by Gasteiger charge is 2.25. The Kier molecular flexibility index (Phi) is 4.22. The van der Waals surface area contributed by atoms with Crippen molar-refractivity contribution in [1.82, 2.24) is 15.0 Å². The van der Waals surface area contributed by atoms with Crippen LogP contribution in [-0.4, -0.2) is 59.9 Å². The van der Waals surface area contributed by atoms with Crippen molar-refractivity contribution in [3.05, 3.63) is 12.3 Å². The lowest BCUT2D eigenvalue weighted by Gasteiger charge is -2.33. The van der Waals surface area contributed by atoms with Crippen molar-refractivity contribution in [2.24, 2.45) is 0 Å². The molecule has 0 atom stereocenters. The number of amides is 3. The molecular formula is C11H16N4O4. The smallest absolute Gasteiger partial charge is 0.409 e. The molecule has 1 aromatic rings. The molecular weight excluding hydrogens is 252 g/mol. The molecule has 2 rings (SSSR count). The maximum absolute atomic E-state index is 11.9. The number of carbonyl (C=O) groups is 2. The second-order valence-electron chi connectivity index (χ2n) is 3.99. The molecule has 1 aliphatic heterocycles. The molecule has 0 aromatic carbocycles. The fourth-order valence-electron chi connectivity index (χ4n) is 1.77. The van der Waals surface area contributed by atoms with Crippen molar-refractivity contribution in [3.63, 3.8) is 0 Å². The zero-order valence-corrected chi connectivity index (χ0v) is 10.7. The van der Waals surface area contributed by atoms with Gasteiger partial charge in [0, 0.05) is 32.2 Å². The van der Waals surface area contributed by atoms with Gasteiger partial charge in [0.1, 0.15) is 6.26 Å². The van der Waals surface area contributed by atoms with E-state index in [0.29, 0.717) is 38.6 Å². The highest BCUT2D eigenvalue weighted by molar-refractivity contribution is 5.88. The summed E-state index contributed by atoms with van der Waals surface area (Å²) in [6.07, 6.45) is 1.05. The molecule has 0 spiro atoms. The number of carbonyl (C=O) groups excluding carboxylic acids is 2. The normalized spacial score (nSPS) is 15.2. The number of piperazine rings is 1. The van der Waals surface area contributed by atoms with Gasteiger partial charge in [0.05, 0.1) is 6.61 Å². The minimum absolute atomic E-state index is 0.252. The molecule has 0 aliphatic carbocycles. The molecule has 2 heterocycles. The van der Waals surface area contributed by atoms with Gasteiger partial charge in [-0.25, -0.2) is 9.59 Å². The van der Waals surface area contributed by atoms with Crippen LogP contribution >= 0.6 is 0 Å². The van der Waals surface area contributed by atoms with Crippen LogP contribution in [0, 0.1) is 0 Å². The monoisotopic (exact) mass is 268 g/mol. The van der Waals surface area contributed by atoms with Crippen LogP contribution in [0.3, 0.4) is 0 Å². The maximum atomic E-state index is 11.9. The van der Waals surface area contributed by atoms with Crippen molar-refractivity contribution in [1.29, 1.82) is 0 Å². The summed E-state index contributed by atoms with van der Waals surface area (Å²) >= 11 is 0. The van der Waals surface area contributed by atoms with Crippen molar-refractivity contribution in [2.75, 3.05) is 38.1 Å². The number of ether oxygens (including phenoxy) is 1. The third kappa shape index (κ3) is 3.36. The van der Waals surface area contributed by atoms with E-state index in [2.05, 4.69) is 15.0 Å². The Morgan fingerprint density at radius 2 is 2.05 bits per heavy atom. The number of urea groups is 1. The fourth-order valence-corrected chi connectivity index (χ4v) is 1.77. The molecule has 104 valence electrons. The first kappa shape index (κ1) is 13.2. The van der Waals surface area contributed by atoms with E-state index in [-0.39, 0.29) is 12.1 Å². The van der Waals surface area contributed by atoms with Crippen LogP contribution in [0.1, 0.15) is 6.92 Å². The van der Waals surface area contributed by atoms with Crippen LogP contribution in [-0.2, 0) is 4.74 Å². The first-order valence-electron chi connectivity index (χ1n) is 6.08. The van der Waals surface area contributed by atoms with E-state index in [0.717, 1.165) is 0 Å². The lowest BCUT2D eigenvalue weighted by Crippen LogP contribution is -2.51. The zero-order valence-electron chi connectivity index (χ0n) is 10.7. The van der Waals surface area contributed by atoms with E-state index in [1.807, 2.05) is 0 Å². The summed E-state index contributed by atoms with van der Waals surface area (Å²) in [5.74, 6) is 0.373. The van der Waals surface area contributed by atoms with Crippen LogP contribution in [0.15, 0.2) is 16.9 Å². The van der Waals surface area contributed by atoms with Crippen molar-refractivity contribution < 1.29 is 18.8 Å². The molecule has 0 radical (unpaired) electrons. The van der Waals surface area contributed by atoms with E-state index >= 15 is 0 Å². The second-order valence-corrected chi connectivity index (χ2v) is 3.99. The summed E-state index contributed by atoms with van der Waals surface area (Å²) in [6, 6.07) is 1.31. The van der Waals surface area contributed by atoms with Gasteiger partial charge >= 0.3 is 12.1 Å². The highest BCUT2D eigenvalue weighted by atomic mass is 16.6. The summed E-state index contributed by atoms with van der Waals surface area (Å²) in [5, 5.41) is 6.21. The summed E-state index contributed by atoms with van der Waals surface area (Å²) < 4.78 is 9.53. The quantitative estimate of drug-likeness (QED) is 0.863. The lowest BCUT2D eigenvalue weighted by atomic mass is 10.3. The number of aromatic nitrogens is 1. The van der Waals surface area contributed by atoms with E-state index in [1.165, 1.54) is 6.26 Å². The lowest BCUT2D eigenvalue weighted by molar-refractivity contribution is 0.0868. The zero-order chi connectivity index (χ0) is 13.7. The van der Waals surface area contributed by atoms with Gasteiger partial charge in [-0.15, -0.1) is 0 Å². The Morgan fingerprint density at radius 1 is 1.37 bits per heavy atom. The molecule has 1 aromatic heterocycles. The molecule has 0 saturated carbocycles. The molecule has 1 saturated heterocycles. The Hall–Kier alpha value is -2.25. The minimum Gasteiger partial charge on any atom is -0.450 e. The van der Waals surface area contributed by atoms with Gasteiger partial charge in [-0.3, -0.25) is 5.32 Å². The summed E-state index contributed by atoms with van der Waals surface area (Å²) in [4.78, 5) is 26.6. The number of hydrogen-bond donors (Lipinski definition) is 1. The van der Waals surface area contributed by atoms with E-state index in [4.69, 9.17) is 4.74 Å². The summed E-state index contributed by atoms with van der Waals surface area (Å²) in [7, 11) is 0. The van der Waals surface area contributed by atoms with Gasteiger partial charge in [0.2, 0.25) is 0 Å². The van der Waals surface area contributed by atoms with Crippen LogP contribution in [0.25, 0.3) is 0 Å². The minimum atomic E-state index is -0.334. The number of anilines is 1. The number of hydrogen-bond acceptors (Lipinski definition) is 5. The number of nitrogens with one attached hydrogen (secondary N) is 1. The summed E-state index contributed by atoms with van der Waals surface area (Å²) in [6.45, 7) is 3.96. The second kappa shape index (κ2) is 6.07. The first-order valence-corrected chi connectivity index (χ1v) is 6.08. The van der Waals surface area contributed by atoms with Crippen LogP contribution in [0.2, 0.25) is 0 Å². The Balaban J connectivity index is 1.79. The number of nitrogens with zero attached hydrogens (tertiary/aromatic N) is 3. The van der Waals surface area contributed by atoms with Crippen molar-refractivity contribution in [3.8, 4) is 0 Å². The third-order valence-electron chi connectivity index (χ3n) is 2.77. The average Bonchev–Trinajstić information content (AvgIpc) is 2.92. The molecule has 1 N–H and O–H groups in total. The van der Waals surface area contributed by atoms with Gasteiger partial charge in [0.15, 0.2) is 5.82 Å². The Morgan fingerprint density at radius 3 is 2.63 bits per heavy atom. The van der Waals surface area contributed by atoms with Crippen LogP contribution in [0.5, 0.6) is 0 Å². The fraction of sp³-hybridized carbons (Fsp3) is 0.545. The van der Waals surface area contributed by atoms with Gasteiger partial charge in [-0.05, 0) is 6.92 Å². The van der Waals surface area contributed by atoms with E-state index in [9.17, 15) is 9.59 Å². The van der Waals surface area contributed by atoms with Gasteiger partial charge < -0.3 is 19.1 Å². The summed E-state index contributed by atoms with van der Waals surface area (Å²) in [5.41, 5.74) is 0. The predicted octanol–water partition coefficient (Wildman–Crippen LogP) is 0.981. The molecule has 1 aliphatic rings. The molecule has 0 unspecified atom stereocenters. The van der Waals surface area contributed by atoms with E-state index in [1.54, 1.807) is 22.8 Å². The SMILES string of the molecule is CCOC(=O)N1CCN(C(=O)Nc2ccon2)CC1. The first-order chi connectivity index (χ1) is 9.20. The van der Waals surface area contributed by atoms with Crippen molar-refractivity contribution in [2.45, 2.75) is 6.92 Å². The van der Waals surface area contributed by atoms with Crippen molar-refractivity contribution >= 4 is 17.9 Å². The van der Waals surface area contributed by atoms with E-state index < -0.39 is 0 Å². The molecule has 3 amide bonds. The maximum Gasteiger partial charge on any atom is 0.409 e. The molecule has 8 heteroatoms. The number of rotatable bonds is 2. The highest BCUT2D eigenvalue weighted by Crippen LogP contribution is 2.07. The predicted molar refractivity (Wildman–Crippen MR) is 65.7 cm³/mol. The average molecular weight is 268 g/mol. The molecule has 1 fully saturated rings. The van der Waals surface area contributed by atoms with Crippen LogP contribution in [0.4, 0.5) is 15.4 Å². The van der Waals surface area contributed by atoms with Gasteiger partial charge in [-0.2, -0.15) is 0 Å². The third-order valence-corrected chi connectivity index (χ3v) is 2.77. The van der Waals surface area contributed by atoms with Crippen LogP contribution < -0.4 is 5.32 Å². The van der Waals surface area contributed by atoms with Gasteiger partial charge in [0.25, 0.3) is 0 Å². The molecule has 19 heavy (non-hydrogen) atoms. The standard InChI is InChI=1S/C11H16N4O4/c1-2-18-11(17)15-6-4-14(5-7-15)10(16)12-9-3-8-19-13-9/h3,8H,2,4-7H2,1H3,(H,12,13,16). The Labute approximate surface area is 110 Å². The van der Waals surface area contributed by atoms with Gasteiger partial charge in [-0.1, -0.05) is 5.16 Å². The molecule has 0 bridgehead atoms. The Bertz CT molecular complexity index is 426. The topological polar surface area (TPSA) is 87.9 Å².